The summed E-state index contributed by atoms with van der Waals surface area (Å²) >= 11 is 0. The first-order chi connectivity index (χ1) is 12.8. The summed E-state index contributed by atoms with van der Waals surface area (Å²) in [6, 6.07) is 11.3. The Labute approximate surface area is 152 Å². The number of piperazine rings is 1. The summed E-state index contributed by atoms with van der Waals surface area (Å²) in [4.78, 5) is 21.0. The topological polar surface area (TPSA) is 66.9 Å². The summed E-state index contributed by atoms with van der Waals surface area (Å²) in [5.41, 5.74) is 1.77. The highest BCUT2D eigenvalue weighted by atomic mass is 16.6. The van der Waals surface area contributed by atoms with Crippen LogP contribution in [0, 0.1) is 0 Å². The molecule has 1 saturated heterocycles. The summed E-state index contributed by atoms with van der Waals surface area (Å²) in [6.07, 6.45) is 1.81. The monoisotopic (exact) mass is 354 g/mol. The van der Waals surface area contributed by atoms with Gasteiger partial charge in [-0.2, -0.15) is 0 Å². The van der Waals surface area contributed by atoms with Gasteiger partial charge >= 0.3 is 6.03 Å². The lowest BCUT2D eigenvalue weighted by Crippen LogP contribution is -2.49. The number of amides is 2. The summed E-state index contributed by atoms with van der Waals surface area (Å²) in [6.45, 7) is 4.98. The van der Waals surface area contributed by atoms with E-state index in [0.717, 1.165) is 36.8 Å². The summed E-state index contributed by atoms with van der Waals surface area (Å²) in [7, 11) is 0. The molecule has 0 spiro atoms. The Kier molecular flexibility index (Phi) is 4.88. The van der Waals surface area contributed by atoms with Gasteiger partial charge in [0.25, 0.3) is 0 Å². The smallest absolute Gasteiger partial charge is 0.321 e. The van der Waals surface area contributed by atoms with Gasteiger partial charge < -0.3 is 19.7 Å². The molecule has 136 valence electrons. The molecule has 1 aromatic heterocycles. The second kappa shape index (κ2) is 7.61. The standard InChI is InChI=1S/C19H22N4O3/c24-19(21-15-4-5-17-18(13-15)26-12-11-25-17)23-9-7-22(8-10-23)14-16-3-1-2-6-20-16/h1-6,13H,7-12,14H2,(H,21,24). The number of urea groups is 1. The number of hydrogen-bond acceptors (Lipinski definition) is 5. The van der Waals surface area contributed by atoms with Crippen molar-refractivity contribution in [2.24, 2.45) is 0 Å². The van der Waals surface area contributed by atoms with Gasteiger partial charge in [-0.15, -0.1) is 0 Å². The van der Waals surface area contributed by atoms with Crippen LogP contribution in [0.15, 0.2) is 42.6 Å². The van der Waals surface area contributed by atoms with Crippen molar-refractivity contribution < 1.29 is 14.3 Å². The number of aromatic nitrogens is 1. The zero-order valence-electron chi connectivity index (χ0n) is 14.6. The van der Waals surface area contributed by atoms with Gasteiger partial charge in [0.2, 0.25) is 0 Å². The Morgan fingerprint density at radius 2 is 1.85 bits per heavy atom. The van der Waals surface area contributed by atoms with Gasteiger partial charge in [0.1, 0.15) is 13.2 Å². The number of benzene rings is 1. The molecule has 0 unspecified atom stereocenters. The first kappa shape index (κ1) is 16.7. The fraction of sp³-hybridized carbons (Fsp3) is 0.368. The predicted octanol–water partition coefficient (Wildman–Crippen LogP) is 2.20. The van der Waals surface area contributed by atoms with E-state index in [1.807, 2.05) is 47.5 Å². The lowest BCUT2D eigenvalue weighted by molar-refractivity contribution is 0.142. The van der Waals surface area contributed by atoms with Crippen LogP contribution in [0.2, 0.25) is 0 Å². The molecule has 0 atom stereocenters. The van der Waals surface area contributed by atoms with Gasteiger partial charge in [-0.05, 0) is 24.3 Å². The molecule has 4 rings (SSSR count). The molecule has 0 aliphatic carbocycles. The zero-order valence-corrected chi connectivity index (χ0v) is 14.6. The minimum absolute atomic E-state index is 0.0841. The Balaban J connectivity index is 1.30. The number of nitrogens with zero attached hydrogens (tertiary/aromatic N) is 3. The first-order valence-electron chi connectivity index (χ1n) is 8.86. The molecule has 1 N–H and O–H groups in total. The number of carbonyl (C=O) groups is 1. The van der Waals surface area contributed by atoms with E-state index in [1.165, 1.54) is 0 Å². The third-order valence-corrected chi connectivity index (χ3v) is 4.56. The van der Waals surface area contributed by atoms with Crippen LogP contribution in [0.1, 0.15) is 5.69 Å². The molecule has 2 aliphatic heterocycles. The summed E-state index contributed by atoms with van der Waals surface area (Å²) in [5.74, 6) is 1.40. The molecule has 2 aliphatic rings. The van der Waals surface area contributed by atoms with Crippen LogP contribution < -0.4 is 14.8 Å². The number of rotatable bonds is 3. The van der Waals surface area contributed by atoms with Gasteiger partial charge in [0, 0.05) is 50.7 Å². The van der Waals surface area contributed by atoms with E-state index in [2.05, 4.69) is 15.2 Å². The number of hydrogen-bond donors (Lipinski definition) is 1. The molecule has 0 radical (unpaired) electrons. The van der Waals surface area contributed by atoms with E-state index < -0.39 is 0 Å². The largest absolute Gasteiger partial charge is 0.486 e. The van der Waals surface area contributed by atoms with Crippen molar-refractivity contribution in [3.05, 3.63) is 48.3 Å². The molecule has 2 aromatic rings. The van der Waals surface area contributed by atoms with Crippen LogP contribution in [-0.4, -0.2) is 60.2 Å². The number of anilines is 1. The van der Waals surface area contributed by atoms with Crippen molar-refractivity contribution in [2.45, 2.75) is 6.54 Å². The van der Waals surface area contributed by atoms with Gasteiger partial charge in [-0.1, -0.05) is 6.07 Å². The molecule has 7 heteroatoms. The fourth-order valence-corrected chi connectivity index (χ4v) is 3.15. The van der Waals surface area contributed by atoms with Gasteiger partial charge in [-0.25, -0.2) is 4.79 Å². The van der Waals surface area contributed by atoms with Crippen molar-refractivity contribution in [3.8, 4) is 11.5 Å². The third kappa shape index (κ3) is 3.88. The molecule has 26 heavy (non-hydrogen) atoms. The normalized spacial score (nSPS) is 17.0. The van der Waals surface area contributed by atoms with E-state index in [-0.39, 0.29) is 6.03 Å². The van der Waals surface area contributed by atoms with Crippen molar-refractivity contribution in [2.75, 3.05) is 44.7 Å². The molecular formula is C19H22N4O3. The van der Waals surface area contributed by atoms with Gasteiger partial charge in [0.15, 0.2) is 11.5 Å². The molecule has 3 heterocycles. The third-order valence-electron chi connectivity index (χ3n) is 4.56. The number of carbonyl (C=O) groups excluding carboxylic acids is 1. The molecular weight excluding hydrogens is 332 g/mol. The molecule has 7 nitrogen and oxygen atoms in total. The quantitative estimate of drug-likeness (QED) is 0.915. The number of ether oxygens (including phenoxy) is 2. The maximum absolute atomic E-state index is 12.5. The highest BCUT2D eigenvalue weighted by molar-refractivity contribution is 5.89. The second-order valence-corrected chi connectivity index (χ2v) is 6.37. The highest BCUT2D eigenvalue weighted by Gasteiger charge is 2.22. The van der Waals surface area contributed by atoms with E-state index in [4.69, 9.17) is 9.47 Å². The fourth-order valence-electron chi connectivity index (χ4n) is 3.15. The lowest BCUT2D eigenvalue weighted by atomic mass is 10.2. The summed E-state index contributed by atoms with van der Waals surface area (Å²) < 4.78 is 11.1. The Bertz CT molecular complexity index is 761. The average Bonchev–Trinajstić information content (AvgIpc) is 2.69. The maximum Gasteiger partial charge on any atom is 0.321 e. The van der Waals surface area contributed by atoms with Gasteiger partial charge in [0.05, 0.1) is 5.69 Å². The molecule has 2 amide bonds. The molecule has 0 saturated carbocycles. The predicted molar refractivity (Wildman–Crippen MR) is 97.5 cm³/mol. The summed E-state index contributed by atoms with van der Waals surface area (Å²) in [5, 5.41) is 2.95. The Morgan fingerprint density at radius 3 is 2.62 bits per heavy atom. The van der Waals surface area contributed by atoms with Crippen LogP contribution in [-0.2, 0) is 6.54 Å². The molecule has 0 bridgehead atoms. The molecule has 1 fully saturated rings. The molecule has 1 aromatic carbocycles. The Morgan fingerprint density at radius 1 is 1.04 bits per heavy atom. The number of nitrogens with one attached hydrogen (secondary N) is 1. The number of pyridine rings is 1. The highest BCUT2D eigenvalue weighted by Crippen LogP contribution is 2.32. The maximum atomic E-state index is 12.5. The second-order valence-electron chi connectivity index (χ2n) is 6.37. The first-order valence-corrected chi connectivity index (χ1v) is 8.86. The van der Waals surface area contributed by atoms with E-state index in [9.17, 15) is 4.79 Å². The van der Waals surface area contributed by atoms with Crippen LogP contribution in [0.4, 0.5) is 10.5 Å². The zero-order chi connectivity index (χ0) is 17.8. The Hall–Kier alpha value is -2.80. The average molecular weight is 354 g/mol. The number of fused-ring (bicyclic) bond motifs is 1. The van der Waals surface area contributed by atoms with E-state index in [0.29, 0.717) is 32.1 Å². The minimum Gasteiger partial charge on any atom is -0.486 e. The minimum atomic E-state index is -0.0841. The van der Waals surface area contributed by atoms with Crippen molar-refractivity contribution in [1.82, 2.24) is 14.8 Å². The van der Waals surface area contributed by atoms with Crippen molar-refractivity contribution >= 4 is 11.7 Å². The van der Waals surface area contributed by atoms with Crippen LogP contribution >= 0.6 is 0 Å². The van der Waals surface area contributed by atoms with E-state index >= 15 is 0 Å². The van der Waals surface area contributed by atoms with Crippen LogP contribution in [0.5, 0.6) is 11.5 Å². The van der Waals surface area contributed by atoms with E-state index in [1.54, 1.807) is 0 Å². The van der Waals surface area contributed by atoms with Crippen LogP contribution in [0.3, 0.4) is 0 Å². The van der Waals surface area contributed by atoms with Crippen molar-refractivity contribution in [1.29, 1.82) is 0 Å². The van der Waals surface area contributed by atoms with Gasteiger partial charge in [-0.3, -0.25) is 9.88 Å². The SMILES string of the molecule is O=C(Nc1ccc2c(c1)OCCO2)N1CCN(Cc2ccccn2)CC1. The lowest BCUT2D eigenvalue weighted by Gasteiger charge is -2.34. The van der Waals surface area contributed by atoms with Crippen LogP contribution in [0.25, 0.3) is 0 Å². The van der Waals surface area contributed by atoms with Crippen molar-refractivity contribution in [3.63, 3.8) is 0 Å².